The number of thiocarbonyl (C=S) groups is 1. The molecule has 0 saturated carbocycles. The maximum atomic E-state index is 13.8. The van der Waals surface area contributed by atoms with Crippen LogP contribution < -0.4 is 24.4 Å². The number of hydrogen-bond donors (Lipinski definition) is 1. The molecule has 31 heavy (non-hydrogen) atoms. The number of likely N-dealkylation sites (N-methyl/N-ethyl adjacent to an activating group) is 1. The molecule has 2 aromatic carbocycles. The smallest absolute Gasteiger partial charge is 0.261 e. The van der Waals surface area contributed by atoms with Gasteiger partial charge in [0.15, 0.2) is 5.11 Å². The van der Waals surface area contributed by atoms with Crippen LogP contribution in [0.25, 0.3) is 0 Å². The summed E-state index contributed by atoms with van der Waals surface area (Å²) >= 11 is 5.63. The Kier molecular flexibility index (Phi) is 5.77. The van der Waals surface area contributed by atoms with Gasteiger partial charge in [0.25, 0.3) is 5.91 Å². The first kappa shape index (κ1) is 21.4. The van der Waals surface area contributed by atoms with E-state index in [2.05, 4.69) is 10.2 Å². The first-order valence-corrected chi connectivity index (χ1v) is 10.6. The first-order valence-electron chi connectivity index (χ1n) is 10.2. The van der Waals surface area contributed by atoms with Gasteiger partial charge >= 0.3 is 0 Å². The van der Waals surface area contributed by atoms with Crippen molar-refractivity contribution >= 4 is 28.9 Å². The van der Waals surface area contributed by atoms with Crippen LogP contribution in [0.3, 0.4) is 0 Å². The summed E-state index contributed by atoms with van der Waals surface area (Å²) in [5, 5.41) is 3.78. The van der Waals surface area contributed by atoms with Crippen LogP contribution in [0.1, 0.15) is 18.4 Å². The monoisotopic (exact) mass is 441 g/mol. The number of hydrogen-bond acceptors (Lipinski definition) is 6. The van der Waals surface area contributed by atoms with Crippen molar-refractivity contribution in [3.8, 4) is 17.2 Å². The average Bonchev–Trinajstić information content (AvgIpc) is 3.23. The second-order valence-electron chi connectivity index (χ2n) is 7.86. The Hall–Kier alpha value is -2.84. The van der Waals surface area contributed by atoms with Crippen LogP contribution in [-0.2, 0) is 4.79 Å². The zero-order chi connectivity index (χ0) is 22.2. The highest BCUT2D eigenvalue weighted by atomic mass is 32.1. The Labute approximate surface area is 187 Å². The first-order chi connectivity index (χ1) is 14.9. The molecule has 2 aliphatic heterocycles. The summed E-state index contributed by atoms with van der Waals surface area (Å²) in [6.07, 6.45) is 0. The number of rotatable bonds is 6. The van der Waals surface area contributed by atoms with Crippen molar-refractivity contribution < 1.29 is 19.0 Å². The highest BCUT2D eigenvalue weighted by Crippen LogP contribution is 2.43. The number of ether oxygens (including phenoxy) is 3. The van der Waals surface area contributed by atoms with E-state index in [9.17, 15) is 4.79 Å². The fourth-order valence-electron chi connectivity index (χ4n) is 4.52. The molecule has 2 aromatic rings. The minimum absolute atomic E-state index is 0.0576. The van der Waals surface area contributed by atoms with Crippen LogP contribution >= 0.6 is 12.2 Å². The number of likely N-dealkylation sites (tertiary alicyclic amines) is 1. The summed E-state index contributed by atoms with van der Waals surface area (Å²) < 4.78 is 16.4. The minimum atomic E-state index is -0.859. The van der Waals surface area contributed by atoms with Crippen LogP contribution in [0.15, 0.2) is 42.5 Å². The van der Waals surface area contributed by atoms with Crippen molar-refractivity contribution in [3.05, 3.63) is 48.0 Å². The summed E-state index contributed by atoms with van der Waals surface area (Å²) in [6, 6.07) is 13.2. The Morgan fingerprint density at radius 2 is 1.74 bits per heavy atom. The van der Waals surface area contributed by atoms with Crippen LogP contribution in [0.5, 0.6) is 17.2 Å². The van der Waals surface area contributed by atoms with Gasteiger partial charge < -0.3 is 24.4 Å². The van der Waals surface area contributed by atoms with Crippen LogP contribution in [0.4, 0.5) is 5.69 Å². The van der Waals surface area contributed by atoms with Crippen molar-refractivity contribution in [2.24, 2.45) is 0 Å². The highest BCUT2D eigenvalue weighted by molar-refractivity contribution is 7.80. The molecule has 2 heterocycles. The zero-order valence-electron chi connectivity index (χ0n) is 18.2. The molecule has 0 unspecified atom stereocenters. The third kappa shape index (κ3) is 3.70. The molecule has 7 nitrogen and oxygen atoms in total. The summed E-state index contributed by atoms with van der Waals surface area (Å²) in [4.78, 5) is 17.6. The van der Waals surface area contributed by atoms with Gasteiger partial charge in [-0.05, 0) is 68.2 Å². The van der Waals surface area contributed by atoms with E-state index in [1.807, 2.05) is 56.4 Å². The lowest BCUT2D eigenvalue weighted by Gasteiger charge is -2.29. The predicted octanol–water partition coefficient (Wildman–Crippen LogP) is 2.79. The van der Waals surface area contributed by atoms with Gasteiger partial charge in [0.2, 0.25) is 0 Å². The van der Waals surface area contributed by atoms with E-state index in [4.69, 9.17) is 26.4 Å². The number of benzene rings is 2. The molecule has 8 heteroatoms. The van der Waals surface area contributed by atoms with Gasteiger partial charge in [-0.2, -0.15) is 0 Å². The molecule has 0 bridgehead atoms. The quantitative estimate of drug-likeness (QED) is 0.692. The largest absolute Gasteiger partial charge is 0.497 e. The molecule has 1 N–H and O–H groups in total. The lowest BCUT2D eigenvalue weighted by molar-refractivity contribution is -0.122. The molecule has 2 saturated heterocycles. The summed E-state index contributed by atoms with van der Waals surface area (Å²) in [7, 11) is 5.25. The van der Waals surface area contributed by atoms with Gasteiger partial charge in [0, 0.05) is 25.1 Å². The van der Waals surface area contributed by atoms with Crippen molar-refractivity contribution in [3.63, 3.8) is 0 Å². The number of nitrogens with zero attached hydrogens (tertiary/aromatic N) is 2. The van der Waals surface area contributed by atoms with Crippen molar-refractivity contribution in [2.45, 2.75) is 18.4 Å². The summed E-state index contributed by atoms with van der Waals surface area (Å²) in [5.41, 5.74) is 0.832. The Bertz CT molecular complexity index is 975. The maximum absolute atomic E-state index is 13.8. The number of carbonyl (C=O) groups excluding carboxylic acids is 1. The van der Waals surface area contributed by atoms with Gasteiger partial charge in [-0.3, -0.25) is 9.69 Å². The molecule has 0 aliphatic carbocycles. The molecule has 1 amide bonds. The number of amides is 1. The van der Waals surface area contributed by atoms with Crippen molar-refractivity contribution in [1.82, 2.24) is 10.2 Å². The fraction of sp³-hybridized carbons (Fsp3) is 0.391. The summed E-state index contributed by atoms with van der Waals surface area (Å²) in [6.45, 7) is 3.77. The maximum Gasteiger partial charge on any atom is 0.261 e. The van der Waals surface area contributed by atoms with E-state index < -0.39 is 5.54 Å². The third-order valence-corrected chi connectivity index (χ3v) is 6.19. The Morgan fingerprint density at radius 1 is 1.10 bits per heavy atom. The van der Waals surface area contributed by atoms with Crippen molar-refractivity contribution in [2.75, 3.05) is 45.9 Å². The minimum Gasteiger partial charge on any atom is -0.497 e. The topological polar surface area (TPSA) is 63.3 Å². The average molecular weight is 442 g/mol. The molecular weight excluding hydrogens is 414 g/mol. The Balaban J connectivity index is 1.71. The lowest BCUT2D eigenvalue weighted by Crippen LogP contribution is -2.52. The molecule has 164 valence electrons. The van der Waals surface area contributed by atoms with Crippen LogP contribution in [0, 0.1) is 0 Å². The van der Waals surface area contributed by atoms with Gasteiger partial charge in [0.1, 0.15) is 22.8 Å². The molecule has 2 aliphatic rings. The standard InChI is InChI=1S/C23H27N3O4S/c1-5-30-17-8-6-16(7-9-17)26-21(27)23(24-22(26)31)14-25(2)13-20(23)15-10-18(28-3)12-19(11-15)29-4/h6-12,20H,5,13-14H2,1-4H3,(H,24,31)/t20-,23+/m1/s1. The zero-order valence-corrected chi connectivity index (χ0v) is 19.0. The van der Waals surface area contributed by atoms with E-state index in [1.54, 1.807) is 19.1 Å². The van der Waals surface area contributed by atoms with Crippen LogP contribution in [-0.4, -0.2) is 62.4 Å². The van der Waals surface area contributed by atoms with Gasteiger partial charge in [-0.25, -0.2) is 0 Å². The highest BCUT2D eigenvalue weighted by Gasteiger charge is 2.59. The number of methoxy groups -OCH3 is 2. The van der Waals surface area contributed by atoms with E-state index >= 15 is 0 Å². The molecule has 0 aromatic heterocycles. The van der Waals surface area contributed by atoms with Gasteiger partial charge in [-0.15, -0.1) is 0 Å². The SMILES string of the molecule is CCOc1ccc(N2C(=O)[C@@]3(CN(C)C[C@@H]3c3cc(OC)cc(OC)c3)NC2=S)cc1. The van der Waals surface area contributed by atoms with Gasteiger partial charge in [0.05, 0.1) is 26.5 Å². The number of anilines is 1. The second kappa shape index (κ2) is 8.36. The third-order valence-electron chi connectivity index (χ3n) is 5.91. The second-order valence-corrected chi connectivity index (χ2v) is 8.25. The van der Waals surface area contributed by atoms with E-state index in [-0.39, 0.29) is 11.8 Å². The van der Waals surface area contributed by atoms with Crippen molar-refractivity contribution in [1.29, 1.82) is 0 Å². The predicted molar refractivity (Wildman–Crippen MR) is 123 cm³/mol. The molecular formula is C23H27N3O4S. The lowest BCUT2D eigenvalue weighted by atomic mass is 9.81. The number of carbonyl (C=O) groups is 1. The number of nitrogens with one attached hydrogen (secondary N) is 1. The van der Waals surface area contributed by atoms with E-state index in [0.717, 1.165) is 17.0 Å². The normalized spacial score (nSPS) is 23.4. The molecule has 2 fully saturated rings. The Morgan fingerprint density at radius 3 is 2.32 bits per heavy atom. The molecule has 1 spiro atoms. The molecule has 4 rings (SSSR count). The molecule has 2 atom stereocenters. The summed E-state index contributed by atoms with van der Waals surface area (Å²) in [5.74, 6) is 1.96. The van der Waals surface area contributed by atoms with Crippen LogP contribution in [0.2, 0.25) is 0 Å². The van der Waals surface area contributed by atoms with E-state index in [0.29, 0.717) is 36.3 Å². The fourth-order valence-corrected chi connectivity index (χ4v) is 4.89. The van der Waals surface area contributed by atoms with Gasteiger partial charge in [-0.1, -0.05) is 0 Å². The molecule has 0 radical (unpaired) electrons. The van der Waals surface area contributed by atoms with E-state index in [1.165, 1.54) is 0 Å².